The van der Waals surface area contributed by atoms with E-state index in [-0.39, 0.29) is 17.5 Å². The molecule has 0 heterocycles. The van der Waals surface area contributed by atoms with Crippen molar-refractivity contribution >= 4 is 22.7 Å². The number of fused-ring (bicyclic) bond motifs is 1. The van der Waals surface area contributed by atoms with Gasteiger partial charge in [0, 0.05) is 5.39 Å². The zero-order chi connectivity index (χ0) is 20.4. The Labute approximate surface area is 169 Å². The Morgan fingerprint density at radius 3 is 2.48 bits per heavy atom. The van der Waals surface area contributed by atoms with E-state index in [1.54, 1.807) is 18.2 Å². The van der Waals surface area contributed by atoms with Gasteiger partial charge in [0.2, 0.25) is 0 Å². The van der Waals surface area contributed by atoms with Gasteiger partial charge in [-0.1, -0.05) is 54.6 Å². The molecule has 4 heteroatoms. The number of carbonyl (C=O) groups is 2. The van der Waals surface area contributed by atoms with E-state index in [4.69, 9.17) is 4.74 Å². The smallest absolute Gasteiger partial charge is 0.336 e. The second-order valence-electron chi connectivity index (χ2n) is 7.36. The molecule has 3 aromatic carbocycles. The van der Waals surface area contributed by atoms with Gasteiger partial charge in [0.25, 0.3) is 0 Å². The summed E-state index contributed by atoms with van der Waals surface area (Å²) >= 11 is 0. The molecule has 0 aliphatic heterocycles. The maximum Gasteiger partial charge on any atom is 0.336 e. The summed E-state index contributed by atoms with van der Waals surface area (Å²) in [5.41, 5.74) is 2.49. The van der Waals surface area contributed by atoms with Gasteiger partial charge in [0.1, 0.15) is 5.75 Å². The Balaban J connectivity index is 1.86. The van der Waals surface area contributed by atoms with Crippen LogP contribution in [0, 0.1) is 12.8 Å². The van der Waals surface area contributed by atoms with Crippen molar-refractivity contribution in [2.24, 2.45) is 5.92 Å². The molecule has 0 saturated carbocycles. The summed E-state index contributed by atoms with van der Waals surface area (Å²) in [6.07, 6.45) is 6.47. The minimum absolute atomic E-state index is 0.143. The van der Waals surface area contributed by atoms with Gasteiger partial charge in [-0.3, -0.25) is 4.79 Å². The first-order valence-electron chi connectivity index (χ1n) is 9.78. The number of aryl methyl sites for hydroxylation is 1. The van der Waals surface area contributed by atoms with Crippen LogP contribution in [-0.4, -0.2) is 17.0 Å². The molecular formula is C25H22O4. The zero-order valence-electron chi connectivity index (χ0n) is 16.2. The minimum atomic E-state index is -0.982. The quantitative estimate of drug-likeness (QED) is 0.351. The molecule has 4 rings (SSSR count). The van der Waals surface area contributed by atoms with Crippen molar-refractivity contribution < 1.29 is 19.4 Å². The second kappa shape index (κ2) is 7.92. The normalized spacial score (nSPS) is 16.0. The number of carboxylic acids is 1. The third kappa shape index (κ3) is 3.66. The lowest BCUT2D eigenvalue weighted by molar-refractivity contribution is -0.139. The average molecular weight is 386 g/mol. The highest BCUT2D eigenvalue weighted by Crippen LogP contribution is 2.39. The van der Waals surface area contributed by atoms with Gasteiger partial charge in [-0.2, -0.15) is 0 Å². The van der Waals surface area contributed by atoms with E-state index in [1.165, 1.54) is 0 Å². The number of hydrogen-bond acceptors (Lipinski definition) is 3. The summed E-state index contributed by atoms with van der Waals surface area (Å²) in [5.74, 6) is -0.892. The van der Waals surface area contributed by atoms with Crippen LogP contribution < -0.4 is 4.74 Å². The molecule has 0 amide bonds. The fourth-order valence-electron chi connectivity index (χ4n) is 4.00. The van der Waals surface area contributed by atoms with E-state index in [9.17, 15) is 14.7 Å². The van der Waals surface area contributed by atoms with Crippen LogP contribution >= 0.6 is 0 Å². The third-order valence-electron chi connectivity index (χ3n) is 5.45. The summed E-state index contributed by atoms with van der Waals surface area (Å²) in [7, 11) is 0. The number of allylic oxidation sites excluding steroid dienone is 2. The van der Waals surface area contributed by atoms with Crippen LogP contribution in [0.25, 0.3) is 21.9 Å². The molecule has 1 atom stereocenters. The molecule has 3 aromatic rings. The third-order valence-corrected chi connectivity index (χ3v) is 5.45. The predicted octanol–water partition coefficient (Wildman–Crippen LogP) is 5.78. The van der Waals surface area contributed by atoms with E-state index in [0.717, 1.165) is 34.7 Å². The molecule has 1 aliphatic carbocycles. The van der Waals surface area contributed by atoms with Gasteiger partial charge in [-0.05, 0) is 60.4 Å². The Hall–Kier alpha value is -3.40. The fraction of sp³-hybridized carbons (Fsp3) is 0.200. The molecule has 146 valence electrons. The number of hydrogen-bond donors (Lipinski definition) is 1. The van der Waals surface area contributed by atoms with E-state index in [2.05, 4.69) is 6.08 Å². The lowest BCUT2D eigenvalue weighted by Crippen LogP contribution is -2.21. The van der Waals surface area contributed by atoms with E-state index in [1.807, 2.05) is 49.4 Å². The van der Waals surface area contributed by atoms with Crippen LogP contribution in [0.5, 0.6) is 5.75 Å². The van der Waals surface area contributed by atoms with Crippen molar-refractivity contribution in [1.29, 1.82) is 0 Å². The predicted molar refractivity (Wildman–Crippen MR) is 113 cm³/mol. The number of esters is 1. The molecule has 1 aliphatic rings. The molecule has 1 unspecified atom stereocenters. The van der Waals surface area contributed by atoms with Gasteiger partial charge >= 0.3 is 11.9 Å². The molecule has 0 aromatic heterocycles. The number of ether oxygens (including phenoxy) is 1. The summed E-state index contributed by atoms with van der Waals surface area (Å²) in [6.45, 7) is 1.89. The first kappa shape index (κ1) is 18.9. The minimum Gasteiger partial charge on any atom is -0.478 e. The standard InChI is InChI=1S/C25H22O4/c1-16-8-5-14-20(24(26)27)22(16)19-13-6-11-17-12-7-15-21(23(17)19)29-25(28)18-9-3-2-4-10-18/h2-3,5-8,11-15,18H,4,9-10H2,1H3,(H,26,27). The average Bonchev–Trinajstić information content (AvgIpc) is 2.74. The highest BCUT2D eigenvalue weighted by Gasteiger charge is 2.23. The molecule has 0 radical (unpaired) electrons. The van der Waals surface area contributed by atoms with Gasteiger partial charge in [-0.25, -0.2) is 4.79 Å². The van der Waals surface area contributed by atoms with Crippen LogP contribution in [0.4, 0.5) is 0 Å². The van der Waals surface area contributed by atoms with Gasteiger partial charge in [0.05, 0.1) is 11.5 Å². The summed E-state index contributed by atoms with van der Waals surface area (Å²) in [6, 6.07) is 16.5. The van der Waals surface area contributed by atoms with Crippen LogP contribution in [0.3, 0.4) is 0 Å². The Bertz CT molecular complexity index is 1120. The zero-order valence-corrected chi connectivity index (χ0v) is 16.2. The number of carboxylic acid groups (broad SMARTS) is 1. The highest BCUT2D eigenvalue weighted by atomic mass is 16.5. The van der Waals surface area contributed by atoms with Crippen LogP contribution in [0.2, 0.25) is 0 Å². The second-order valence-corrected chi connectivity index (χ2v) is 7.36. The largest absolute Gasteiger partial charge is 0.478 e. The Morgan fingerprint density at radius 2 is 1.76 bits per heavy atom. The Kier molecular flexibility index (Phi) is 5.17. The number of rotatable bonds is 4. The van der Waals surface area contributed by atoms with Gasteiger partial charge in [-0.15, -0.1) is 0 Å². The van der Waals surface area contributed by atoms with Crippen molar-refractivity contribution in [2.75, 3.05) is 0 Å². The first-order valence-corrected chi connectivity index (χ1v) is 9.78. The summed E-state index contributed by atoms with van der Waals surface area (Å²) < 4.78 is 5.85. The molecule has 0 fully saturated rings. The first-order chi connectivity index (χ1) is 14.1. The van der Waals surface area contributed by atoms with E-state index < -0.39 is 5.97 Å². The molecular weight excluding hydrogens is 364 g/mol. The van der Waals surface area contributed by atoms with Crippen molar-refractivity contribution in [3.8, 4) is 16.9 Å². The van der Waals surface area contributed by atoms with Crippen molar-refractivity contribution in [1.82, 2.24) is 0 Å². The van der Waals surface area contributed by atoms with Crippen LogP contribution in [0.15, 0.2) is 66.7 Å². The number of benzene rings is 3. The molecule has 0 spiro atoms. The highest BCUT2D eigenvalue weighted by molar-refractivity contribution is 6.07. The maximum absolute atomic E-state index is 12.8. The van der Waals surface area contributed by atoms with E-state index in [0.29, 0.717) is 17.7 Å². The number of aromatic carboxylic acids is 1. The molecule has 29 heavy (non-hydrogen) atoms. The monoisotopic (exact) mass is 386 g/mol. The van der Waals surface area contributed by atoms with E-state index >= 15 is 0 Å². The number of carbonyl (C=O) groups excluding carboxylic acids is 1. The summed E-state index contributed by atoms with van der Waals surface area (Å²) in [4.78, 5) is 24.6. The SMILES string of the molecule is Cc1cccc(C(=O)O)c1-c1cccc2cccc(OC(=O)C3CC=CCC3)c12. The van der Waals surface area contributed by atoms with Crippen molar-refractivity contribution in [3.05, 3.63) is 77.9 Å². The maximum atomic E-state index is 12.8. The molecule has 1 N–H and O–H groups in total. The van der Waals surface area contributed by atoms with Crippen molar-refractivity contribution in [2.45, 2.75) is 26.2 Å². The van der Waals surface area contributed by atoms with Crippen LogP contribution in [0.1, 0.15) is 35.2 Å². The lowest BCUT2D eigenvalue weighted by Gasteiger charge is -2.19. The summed E-state index contributed by atoms with van der Waals surface area (Å²) in [5, 5.41) is 11.4. The van der Waals surface area contributed by atoms with Crippen molar-refractivity contribution in [3.63, 3.8) is 0 Å². The van der Waals surface area contributed by atoms with Crippen LogP contribution in [-0.2, 0) is 4.79 Å². The molecule has 0 saturated heterocycles. The Morgan fingerprint density at radius 1 is 1.00 bits per heavy atom. The lowest BCUT2D eigenvalue weighted by atomic mass is 9.91. The fourth-order valence-corrected chi connectivity index (χ4v) is 4.00. The molecule has 0 bridgehead atoms. The molecule has 4 nitrogen and oxygen atoms in total. The van der Waals surface area contributed by atoms with Gasteiger partial charge in [0.15, 0.2) is 0 Å². The van der Waals surface area contributed by atoms with Gasteiger partial charge < -0.3 is 9.84 Å². The topological polar surface area (TPSA) is 63.6 Å².